The molecule has 7 heterocycles. The van der Waals surface area contributed by atoms with E-state index in [1.165, 1.54) is 18.6 Å². The highest BCUT2D eigenvalue weighted by Crippen LogP contribution is 2.40. The lowest BCUT2D eigenvalue weighted by Crippen LogP contribution is -2.53. The van der Waals surface area contributed by atoms with E-state index in [1.54, 1.807) is 12.1 Å². The number of halogens is 1. The molecule has 0 radical (unpaired) electrons. The summed E-state index contributed by atoms with van der Waals surface area (Å²) in [6.07, 6.45) is 39.5. The van der Waals surface area contributed by atoms with Crippen molar-refractivity contribution in [1.29, 1.82) is 0 Å². The number of nitrogens with one attached hydrogen (secondary N) is 1. The van der Waals surface area contributed by atoms with Crippen LogP contribution in [0.15, 0.2) is 85.0 Å². The molecule has 5 fully saturated rings. The number of ketones is 3. The summed E-state index contributed by atoms with van der Waals surface area (Å²) in [7, 11) is 6.05. The predicted octanol–water partition coefficient (Wildman–Crippen LogP) is 7.79. The molecule has 3 aliphatic carbocycles. The van der Waals surface area contributed by atoms with Crippen molar-refractivity contribution in [3.63, 3.8) is 0 Å². The Kier molecular flexibility index (Phi) is 21.8. The number of nitrogens with two attached hydrogens (primary N) is 1. The molecule has 0 bridgehead atoms. The van der Waals surface area contributed by atoms with E-state index < -0.39 is 16.6 Å². The number of hydrogen-bond acceptors (Lipinski definition) is 11. The Labute approximate surface area is 476 Å². The van der Waals surface area contributed by atoms with E-state index in [1.807, 2.05) is 40.5 Å². The number of likely N-dealkylation sites (tertiary alicyclic amines) is 4. The summed E-state index contributed by atoms with van der Waals surface area (Å²) in [4.78, 5) is 96.8. The predicted molar refractivity (Wildman–Crippen MR) is 311 cm³/mol. The molecule has 438 valence electrons. The second-order valence-corrected chi connectivity index (χ2v) is 24.3. The number of likely N-dealkylation sites (N-methyl/N-ethyl adjacent to an activating group) is 3. The Hall–Kier alpha value is -5.42. The minimum absolute atomic E-state index is 0.0231. The lowest BCUT2D eigenvalue weighted by atomic mass is 9.86. The summed E-state index contributed by atoms with van der Waals surface area (Å²) < 4.78 is 12.9. The average Bonchev–Trinajstić information content (AvgIpc) is 4.32. The number of rotatable bonds is 5. The topological polar surface area (TPSA) is 177 Å². The summed E-state index contributed by atoms with van der Waals surface area (Å²) in [5.41, 5.74) is 4.52. The number of allylic oxidation sites excluding steroid dienone is 3. The van der Waals surface area contributed by atoms with Crippen LogP contribution < -0.4 is 11.1 Å². The van der Waals surface area contributed by atoms with E-state index in [9.17, 15) is 38.0 Å². The molecule has 3 N–H and O–H groups in total. The second-order valence-electron chi connectivity index (χ2n) is 24.3. The third-order valence-electron chi connectivity index (χ3n) is 18.8. The Morgan fingerprint density at radius 3 is 1.66 bits per heavy atom. The molecule has 7 aliphatic heterocycles. The first-order chi connectivity index (χ1) is 38.3. The van der Waals surface area contributed by atoms with Gasteiger partial charge in [0.15, 0.2) is 17.3 Å². The van der Waals surface area contributed by atoms with E-state index in [4.69, 9.17) is 5.73 Å². The number of carbonyl (C=O) groups is 7. The maximum atomic E-state index is 12.9. The van der Waals surface area contributed by atoms with Gasteiger partial charge < -0.3 is 25.8 Å². The first-order valence-corrected chi connectivity index (χ1v) is 30.0. The summed E-state index contributed by atoms with van der Waals surface area (Å²) >= 11 is 0. The molecule has 1 aromatic carbocycles. The van der Waals surface area contributed by atoms with Crippen LogP contribution in [-0.4, -0.2) is 172 Å². The Morgan fingerprint density at radius 2 is 1.07 bits per heavy atom. The van der Waals surface area contributed by atoms with Crippen LogP contribution in [0.4, 0.5) is 4.39 Å². The normalized spacial score (nSPS) is 30.7. The van der Waals surface area contributed by atoms with Crippen LogP contribution in [0, 0.1) is 11.7 Å². The van der Waals surface area contributed by atoms with E-state index >= 15 is 0 Å². The van der Waals surface area contributed by atoms with Crippen LogP contribution >= 0.6 is 0 Å². The largest absolute Gasteiger partial charge is 0.369 e. The fraction of sp³-hybridized carbons (Fsp3) is 0.641. The molecule has 1 aromatic rings. The molecule has 80 heavy (non-hydrogen) atoms. The fourth-order valence-electron chi connectivity index (χ4n) is 14.1. The molecule has 4 amide bonds. The van der Waals surface area contributed by atoms with E-state index in [-0.39, 0.29) is 58.6 Å². The standard InChI is InChI=1S/C16H19FN2O.C14H21NO2.C12H18N2O2.C11H18N2O.C11H17NO/c17-14-6-4-13(5-7-14)12-19-11-2-1-8-16(15(19)20)9-3-10-18-16;1-11(2)13(17)15-10-6-9-14(15)8-5-3-4-7-12(14)16;13-11(16)9-14-8-4-7-12(14)6-3-1-2-5-10(12)15;1-12-8-4-3-6-11(10(12)14)7-5-9-13(11)2;1-12-9-5-8-11(12)7-4-2-3-6-10(11)13/h1-2,4-7,18H,3,8-12H2;3,5,11H,4,6-10H2,1-2H3;1,3H,2,4-9H2,(H2,13,16);3-4H,5-9H2,1-2H3;2,4H,3,5-9H2,1H3. The third kappa shape index (κ3) is 14.1. The highest BCUT2D eigenvalue weighted by molar-refractivity contribution is 5.95. The average molecular weight is 1110 g/mol. The zero-order valence-corrected chi connectivity index (χ0v) is 48.9. The number of amides is 4. The minimum Gasteiger partial charge on any atom is -0.369 e. The highest BCUT2D eigenvalue weighted by Gasteiger charge is 2.50. The van der Waals surface area contributed by atoms with Crippen molar-refractivity contribution in [2.24, 2.45) is 11.7 Å². The van der Waals surface area contributed by atoms with Crippen molar-refractivity contribution in [3.05, 3.63) is 96.4 Å². The maximum absolute atomic E-state index is 12.9. The third-order valence-corrected chi connectivity index (χ3v) is 18.8. The lowest BCUT2D eigenvalue weighted by Gasteiger charge is -2.37. The Morgan fingerprint density at radius 1 is 0.575 bits per heavy atom. The van der Waals surface area contributed by atoms with Gasteiger partial charge >= 0.3 is 0 Å². The molecule has 10 aliphatic rings. The first kappa shape index (κ1) is 62.2. The van der Waals surface area contributed by atoms with Crippen LogP contribution in [0.25, 0.3) is 0 Å². The smallest absolute Gasteiger partial charge is 0.243 e. The molecule has 5 saturated heterocycles. The van der Waals surface area contributed by atoms with Crippen molar-refractivity contribution in [2.75, 3.05) is 73.5 Å². The number of carbonyl (C=O) groups excluding carboxylic acids is 7. The lowest BCUT2D eigenvalue weighted by molar-refractivity contribution is -0.146. The Bertz CT molecular complexity index is 2520. The van der Waals surface area contributed by atoms with Gasteiger partial charge in [-0.25, -0.2) is 4.39 Å². The zero-order chi connectivity index (χ0) is 57.6. The van der Waals surface area contributed by atoms with Crippen LogP contribution in [-0.2, 0) is 40.1 Å². The van der Waals surface area contributed by atoms with Gasteiger partial charge in [-0.2, -0.15) is 0 Å². The molecule has 15 nitrogen and oxygen atoms in total. The number of Topliss-reactive ketones (excluding diaryl/α,β-unsaturated/α-hetero) is 3. The minimum atomic E-state index is -0.506. The van der Waals surface area contributed by atoms with E-state index in [0.29, 0.717) is 44.0 Å². The molecular weight excluding hydrogens is 1010 g/mol. The molecule has 5 atom stereocenters. The molecule has 5 spiro atoms. The fourth-order valence-corrected chi connectivity index (χ4v) is 14.1. The van der Waals surface area contributed by atoms with E-state index in [2.05, 4.69) is 90.0 Å². The van der Waals surface area contributed by atoms with Gasteiger partial charge in [-0.1, -0.05) is 86.7 Å². The quantitative estimate of drug-likeness (QED) is 0.275. The Balaban J connectivity index is 0.000000146. The van der Waals surface area contributed by atoms with Gasteiger partial charge in [0.25, 0.3) is 0 Å². The van der Waals surface area contributed by atoms with Crippen LogP contribution in [0.5, 0.6) is 0 Å². The molecule has 0 saturated carbocycles. The second kappa shape index (κ2) is 28.0. The van der Waals surface area contributed by atoms with Crippen molar-refractivity contribution < 1.29 is 38.0 Å². The maximum Gasteiger partial charge on any atom is 0.243 e. The van der Waals surface area contributed by atoms with Gasteiger partial charge in [-0.05, 0) is 174 Å². The highest BCUT2D eigenvalue weighted by atomic mass is 19.1. The summed E-state index contributed by atoms with van der Waals surface area (Å²) in [6.45, 7) is 10.5. The SMILES string of the molecule is CC(C)C(=O)N1CCCC12CC=CCCC2=O.CN1CC=CCC2(CCCN2C)C1=O.CN1CCCC12CC=CCCC2=O.NC(=O)CN1CCCC12CC=CCCC2=O.O=C1N(Cc2ccc(F)cc2)CC=CCC12CCCN2. The summed E-state index contributed by atoms with van der Waals surface area (Å²) in [5.74, 6) is 0.970. The van der Waals surface area contributed by atoms with Gasteiger partial charge in [0.1, 0.15) is 22.4 Å². The van der Waals surface area contributed by atoms with Crippen molar-refractivity contribution >= 4 is 41.0 Å². The van der Waals surface area contributed by atoms with Gasteiger partial charge in [-0.15, -0.1) is 0 Å². The molecule has 0 aromatic heterocycles. The number of nitrogens with zero attached hydrogens (tertiary/aromatic N) is 6. The number of primary amides is 1. The van der Waals surface area contributed by atoms with Crippen molar-refractivity contribution in [1.82, 2.24) is 34.7 Å². The van der Waals surface area contributed by atoms with Crippen LogP contribution in [0.1, 0.15) is 154 Å². The first-order valence-electron chi connectivity index (χ1n) is 30.0. The van der Waals surface area contributed by atoms with Crippen molar-refractivity contribution in [2.45, 2.75) is 183 Å². The summed E-state index contributed by atoms with van der Waals surface area (Å²) in [5, 5.41) is 3.38. The van der Waals surface area contributed by atoms with E-state index in [0.717, 1.165) is 154 Å². The molecular formula is C64H93FN8O7. The van der Waals surface area contributed by atoms with Gasteiger partial charge in [0.05, 0.1) is 17.6 Å². The molecule has 11 rings (SSSR count). The monoisotopic (exact) mass is 1100 g/mol. The number of benzene rings is 1. The van der Waals surface area contributed by atoms with Gasteiger partial charge in [0.2, 0.25) is 23.6 Å². The van der Waals surface area contributed by atoms with Crippen LogP contribution in [0.3, 0.4) is 0 Å². The van der Waals surface area contributed by atoms with Gasteiger partial charge in [0, 0.05) is 58.4 Å². The molecule has 5 unspecified atom stereocenters. The van der Waals surface area contributed by atoms with Gasteiger partial charge in [-0.3, -0.25) is 48.3 Å². The number of hydrogen-bond donors (Lipinski definition) is 2. The summed E-state index contributed by atoms with van der Waals surface area (Å²) in [6, 6.07) is 6.37. The zero-order valence-electron chi connectivity index (χ0n) is 48.9. The molecule has 16 heteroatoms. The van der Waals surface area contributed by atoms with Crippen molar-refractivity contribution in [3.8, 4) is 0 Å². The van der Waals surface area contributed by atoms with Crippen LogP contribution in [0.2, 0.25) is 0 Å².